The first-order chi connectivity index (χ1) is 10.5. The molecule has 6 nitrogen and oxygen atoms in total. The SMILES string of the molecule is CN1CCC2(CC1)NC(=O)N(Cc1ccc(C#N)cc1)C2=O. The summed E-state index contributed by atoms with van der Waals surface area (Å²) in [6, 6.07) is 8.67. The zero-order valence-electron chi connectivity index (χ0n) is 12.5. The molecule has 2 saturated heterocycles. The minimum Gasteiger partial charge on any atom is -0.323 e. The molecule has 1 aromatic rings. The van der Waals surface area contributed by atoms with Gasteiger partial charge in [0.1, 0.15) is 5.54 Å². The van der Waals surface area contributed by atoms with Gasteiger partial charge in [-0.3, -0.25) is 9.69 Å². The van der Waals surface area contributed by atoms with Gasteiger partial charge in [0.25, 0.3) is 5.91 Å². The predicted octanol–water partition coefficient (Wildman–Crippen LogP) is 1.07. The van der Waals surface area contributed by atoms with Crippen LogP contribution < -0.4 is 5.32 Å². The highest BCUT2D eigenvalue weighted by molar-refractivity contribution is 6.07. The smallest absolute Gasteiger partial charge is 0.323 e. The Morgan fingerprint density at radius 2 is 1.86 bits per heavy atom. The molecular weight excluding hydrogens is 280 g/mol. The summed E-state index contributed by atoms with van der Waals surface area (Å²) in [6.45, 7) is 1.85. The monoisotopic (exact) mass is 298 g/mol. The van der Waals surface area contributed by atoms with Crippen molar-refractivity contribution in [1.29, 1.82) is 5.26 Å². The molecule has 2 aliphatic heterocycles. The number of benzene rings is 1. The largest absolute Gasteiger partial charge is 0.325 e. The number of nitrogens with zero attached hydrogens (tertiary/aromatic N) is 3. The minimum absolute atomic E-state index is 0.130. The predicted molar refractivity (Wildman–Crippen MR) is 79.7 cm³/mol. The van der Waals surface area contributed by atoms with E-state index in [4.69, 9.17) is 5.26 Å². The zero-order valence-corrected chi connectivity index (χ0v) is 12.5. The topological polar surface area (TPSA) is 76.4 Å². The molecule has 2 heterocycles. The molecule has 6 heteroatoms. The third-order valence-corrected chi connectivity index (χ3v) is 4.51. The molecule has 0 aliphatic carbocycles. The van der Waals surface area contributed by atoms with Crippen molar-refractivity contribution in [2.45, 2.75) is 24.9 Å². The molecule has 0 radical (unpaired) electrons. The fourth-order valence-electron chi connectivity index (χ4n) is 3.03. The van der Waals surface area contributed by atoms with Crippen LogP contribution in [0.25, 0.3) is 0 Å². The highest BCUT2D eigenvalue weighted by Gasteiger charge is 2.51. The molecule has 0 atom stereocenters. The van der Waals surface area contributed by atoms with Crippen molar-refractivity contribution >= 4 is 11.9 Å². The number of carbonyl (C=O) groups excluding carboxylic acids is 2. The van der Waals surface area contributed by atoms with Crippen molar-refractivity contribution in [1.82, 2.24) is 15.1 Å². The van der Waals surface area contributed by atoms with E-state index in [0.717, 1.165) is 18.7 Å². The maximum Gasteiger partial charge on any atom is 0.325 e. The van der Waals surface area contributed by atoms with Gasteiger partial charge in [0.15, 0.2) is 0 Å². The molecule has 0 saturated carbocycles. The molecule has 22 heavy (non-hydrogen) atoms. The van der Waals surface area contributed by atoms with Crippen LogP contribution in [0.4, 0.5) is 4.79 Å². The third-order valence-electron chi connectivity index (χ3n) is 4.51. The first kappa shape index (κ1) is 14.5. The van der Waals surface area contributed by atoms with Crippen molar-refractivity contribution in [3.05, 3.63) is 35.4 Å². The summed E-state index contributed by atoms with van der Waals surface area (Å²) in [4.78, 5) is 28.3. The van der Waals surface area contributed by atoms with Crippen LogP contribution in [0.3, 0.4) is 0 Å². The van der Waals surface area contributed by atoms with Gasteiger partial charge in [-0.25, -0.2) is 4.79 Å². The van der Waals surface area contributed by atoms with E-state index in [1.807, 2.05) is 7.05 Å². The van der Waals surface area contributed by atoms with Gasteiger partial charge in [-0.05, 0) is 37.6 Å². The van der Waals surface area contributed by atoms with Crippen LogP contribution in [0.2, 0.25) is 0 Å². The molecular formula is C16H18N4O2. The van der Waals surface area contributed by atoms with Crippen LogP contribution in [0.5, 0.6) is 0 Å². The van der Waals surface area contributed by atoms with Crippen LogP contribution in [0, 0.1) is 11.3 Å². The van der Waals surface area contributed by atoms with Crippen LogP contribution in [-0.4, -0.2) is 47.4 Å². The number of likely N-dealkylation sites (tertiary alicyclic amines) is 1. The van der Waals surface area contributed by atoms with Crippen LogP contribution in [-0.2, 0) is 11.3 Å². The van der Waals surface area contributed by atoms with Crippen LogP contribution in [0.1, 0.15) is 24.0 Å². The molecule has 2 aliphatic rings. The highest BCUT2D eigenvalue weighted by Crippen LogP contribution is 2.29. The summed E-state index contributed by atoms with van der Waals surface area (Å²) in [5.41, 5.74) is 0.677. The van der Waals surface area contributed by atoms with Gasteiger partial charge in [0.05, 0.1) is 18.2 Å². The lowest BCUT2D eigenvalue weighted by molar-refractivity contribution is -0.133. The number of hydrogen-bond donors (Lipinski definition) is 1. The fraction of sp³-hybridized carbons (Fsp3) is 0.438. The van der Waals surface area contributed by atoms with Gasteiger partial charge >= 0.3 is 6.03 Å². The fourth-order valence-corrected chi connectivity index (χ4v) is 3.03. The number of rotatable bonds is 2. The second-order valence-electron chi connectivity index (χ2n) is 6.02. The average Bonchev–Trinajstić information content (AvgIpc) is 2.76. The maximum absolute atomic E-state index is 12.7. The lowest BCUT2D eigenvalue weighted by Gasteiger charge is -2.35. The molecule has 0 unspecified atom stereocenters. The first-order valence-electron chi connectivity index (χ1n) is 7.36. The Morgan fingerprint density at radius 1 is 1.23 bits per heavy atom. The molecule has 3 rings (SSSR count). The zero-order chi connectivity index (χ0) is 15.7. The van der Waals surface area contributed by atoms with Crippen molar-refractivity contribution < 1.29 is 9.59 Å². The van der Waals surface area contributed by atoms with E-state index in [0.29, 0.717) is 18.4 Å². The number of nitriles is 1. The van der Waals surface area contributed by atoms with Crippen molar-refractivity contribution in [2.24, 2.45) is 0 Å². The number of hydrogen-bond acceptors (Lipinski definition) is 4. The van der Waals surface area contributed by atoms with Crippen LogP contribution >= 0.6 is 0 Å². The molecule has 1 spiro atoms. The number of piperidine rings is 1. The third kappa shape index (κ3) is 2.44. The number of carbonyl (C=O) groups is 2. The Kier molecular flexibility index (Phi) is 3.59. The van der Waals surface area contributed by atoms with E-state index in [2.05, 4.69) is 16.3 Å². The van der Waals surface area contributed by atoms with E-state index < -0.39 is 5.54 Å². The Morgan fingerprint density at radius 3 is 2.45 bits per heavy atom. The van der Waals surface area contributed by atoms with Gasteiger partial charge in [-0.1, -0.05) is 12.1 Å². The second-order valence-corrected chi connectivity index (χ2v) is 6.02. The van der Waals surface area contributed by atoms with Crippen molar-refractivity contribution in [3.8, 4) is 6.07 Å². The molecule has 1 aromatic carbocycles. The number of nitrogens with one attached hydrogen (secondary N) is 1. The minimum atomic E-state index is -0.726. The Bertz CT molecular complexity index is 639. The van der Waals surface area contributed by atoms with E-state index >= 15 is 0 Å². The lowest BCUT2D eigenvalue weighted by Crippen LogP contribution is -2.54. The van der Waals surface area contributed by atoms with E-state index in [1.165, 1.54) is 4.90 Å². The number of amides is 3. The Balaban J connectivity index is 1.75. The Hall–Kier alpha value is -2.39. The van der Waals surface area contributed by atoms with Gasteiger partial charge in [-0.15, -0.1) is 0 Å². The summed E-state index contributed by atoms with van der Waals surface area (Å²) in [6.07, 6.45) is 1.30. The summed E-state index contributed by atoms with van der Waals surface area (Å²) >= 11 is 0. The standard InChI is InChI=1S/C16H18N4O2/c1-19-8-6-16(7-9-19)14(21)20(15(22)18-16)11-13-4-2-12(10-17)3-5-13/h2-5H,6-9,11H2,1H3,(H,18,22). The number of urea groups is 1. The average molecular weight is 298 g/mol. The summed E-state index contributed by atoms with van der Waals surface area (Å²) in [5.74, 6) is -0.130. The Labute approximate surface area is 129 Å². The van der Waals surface area contributed by atoms with Crippen molar-refractivity contribution in [2.75, 3.05) is 20.1 Å². The summed E-state index contributed by atoms with van der Waals surface area (Å²) in [5, 5.41) is 11.7. The molecule has 0 aromatic heterocycles. The van der Waals surface area contributed by atoms with Gasteiger partial charge < -0.3 is 10.2 Å². The molecule has 3 amide bonds. The summed E-state index contributed by atoms with van der Waals surface area (Å²) in [7, 11) is 2.02. The molecule has 2 fully saturated rings. The van der Waals surface area contributed by atoms with E-state index in [9.17, 15) is 9.59 Å². The van der Waals surface area contributed by atoms with Gasteiger partial charge in [-0.2, -0.15) is 5.26 Å². The quantitative estimate of drug-likeness (QED) is 0.829. The second kappa shape index (κ2) is 5.43. The van der Waals surface area contributed by atoms with E-state index in [-0.39, 0.29) is 18.5 Å². The van der Waals surface area contributed by atoms with Crippen LogP contribution in [0.15, 0.2) is 24.3 Å². The lowest BCUT2D eigenvalue weighted by atomic mass is 9.87. The van der Waals surface area contributed by atoms with Crippen molar-refractivity contribution in [3.63, 3.8) is 0 Å². The first-order valence-corrected chi connectivity index (χ1v) is 7.36. The summed E-state index contributed by atoms with van der Waals surface area (Å²) < 4.78 is 0. The molecule has 0 bridgehead atoms. The maximum atomic E-state index is 12.7. The molecule has 1 N–H and O–H groups in total. The highest BCUT2D eigenvalue weighted by atomic mass is 16.2. The normalized spacial score (nSPS) is 21.0. The molecule has 114 valence electrons. The van der Waals surface area contributed by atoms with E-state index in [1.54, 1.807) is 24.3 Å². The van der Waals surface area contributed by atoms with Gasteiger partial charge in [0, 0.05) is 13.1 Å². The number of imide groups is 1. The van der Waals surface area contributed by atoms with Gasteiger partial charge in [0.2, 0.25) is 0 Å².